The molecule has 1 aromatic rings. The highest BCUT2D eigenvalue weighted by Gasteiger charge is 2.14. The van der Waals surface area contributed by atoms with Crippen molar-refractivity contribution in [3.63, 3.8) is 0 Å². The van der Waals surface area contributed by atoms with E-state index in [4.69, 9.17) is 16.3 Å². The molecule has 0 aromatic heterocycles. The zero-order valence-electron chi connectivity index (χ0n) is 7.93. The Morgan fingerprint density at radius 2 is 2.21 bits per heavy atom. The van der Waals surface area contributed by atoms with Crippen molar-refractivity contribution in [1.29, 1.82) is 0 Å². The Kier molecular flexibility index (Phi) is 3.96. The molecule has 0 bridgehead atoms. The van der Waals surface area contributed by atoms with Crippen LogP contribution in [0.15, 0.2) is 16.6 Å². The SMILES string of the molecule is CCOC(=O)c1ccc(C)c(Cl)c1Br. The van der Waals surface area contributed by atoms with Gasteiger partial charge >= 0.3 is 5.97 Å². The number of carbonyl (C=O) groups excluding carboxylic acids is 1. The van der Waals surface area contributed by atoms with Crippen molar-refractivity contribution in [3.8, 4) is 0 Å². The topological polar surface area (TPSA) is 26.3 Å². The summed E-state index contributed by atoms with van der Waals surface area (Å²) in [6.07, 6.45) is 0. The van der Waals surface area contributed by atoms with Crippen LogP contribution >= 0.6 is 27.5 Å². The van der Waals surface area contributed by atoms with Crippen LogP contribution in [0.3, 0.4) is 0 Å². The zero-order valence-corrected chi connectivity index (χ0v) is 10.3. The summed E-state index contributed by atoms with van der Waals surface area (Å²) < 4.78 is 5.47. The van der Waals surface area contributed by atoms with E-state index in [1.54, 1.807) is 19.1 Å². The molecule has 1 rings (SSSR count). The summed E-state index contributed by atoms with van der Waals surface area (Å²) in [5, 5.41) is 0.551. The summed E-state index contributed by atoms with van der Waals surface area (Å²) in [5.74, 6) is -0.360. The van der Waals surface area contributed by atoms with Crippen LogP contribution in [0.5, 0.6) is 0 Å². The Labute approximate surface area is 96.3 Å². The third-order valence-electron chi connectivity index (χ3n) is 1.77. The van der Waals surface area contributed by atoms with Gasteiger partial charge in [0.1, 0.15) is 0 Å². The Bertz CT molecular complexity index is 363. The van der Waals surface area contributed by atoms with Gasteiger partial charge in [-0.2, -0.15) is 0 Å². The Morgan fingerprint density at radius 3 is 2.79 bits per heavy atom. The molecular weight excluding hydrogens is 267 g/mol. The average Bonchev–Trinajstić information content (AvgIpc) is 2.15. The molecular formula is C10H10BrClO2. The lowest BCUT2D eigenvalue weighted by atomic mass is 10.1. The van der Waals surface area contributed by atoms with E-state index in [9.17, 15) is 4.79 Å². The molecule has 2 nitrogen and oxygen atoms in total. The lowest BCUT2D eigenvalue weighted by Gasteiger charge is -2.07. The van der Waals surface area contributed by atoms with Gasteiger partial charge in [-0.25, -0.2) is 4.79 Å². The Balaban J connectivity index is 3.11. The number of benzene rings is 1. The maximum atomic E-state index is 11.4. The van der Waals surface area contributed by atoms with E-state index in [2.05, 4.69) is 15.9 Å². The van der Waals surface area contributed by atoms with Crippen LogP contribution in [0.4, 0.5) is 0 Å². The van der Waals surface area contributed by atoms with Crippen LogP contribution in [-0.4, -0.2) is 12.6 Å². The van der Waals surface area contributed by atoms with Gasteiger partial charge < -0.3 is 4.74 Å². The molecule has 4 heteroatoms. The predicted molar refractivity (Wildman–Crippen MR) is 59.8 cm³/mol. The summed E-state index contributed by atoms with van der Waals surface area (Å²) in [6, 6.07) is 3.49. The molecule has 0 radical (unpaired) electrons. The monoisotopic (exact) mass is 276 g/mol. The quantitative estimate of drug-likeness (QED) is 0.772. The summed E-state index contributed by atoms with van der Waals surface area (Å²) in [4.78, 5) is 11.4. The van der Waals surface area contributed by atoms with Gasteiger partial charge in [-0.05, 0) is 41.4 Å². The second-order valence-electron chi connectivity index (χ2n) is 2.78. The van der Waals surface area contributed by atoms with E-state index in [0.717, 1.165) is 5.56 Å². The number of ether oxygens (including phenoxy) is 1. The molecule has 76 valence electrons. The van der Waals surface area contributed by atoms with Crippen molar-refractivity contribution >= 4 is 33.5 Å². The van der Waals surface area contributed by atoms with Crippen molar-refractivity contribution in [3.05, 3.63) is 32.8 Å². The standard InChI is InChI=1S/C10H10BrClO2/c1-3-14-10(13)7-5-4-6(2)9(12)8(7)11/h4-5H,3H2,1-2H3. The lowest BCUT2D eigenvalue weighted by molar-refractivity contribution is 0.0525. The summed E-state index contributed by atoms with van der Waals surface area (Å²) in [7, 11) is 0. The van der Waals surface area contributed by atoms with Crippen LogP contribution in [-0.2, 0) is 4.74 Å². The first-order valence-corrected chi connectivity index (χ1v) is 5.36. The number of hydrogen-bond acceptors (Lipinski definition) is 2. The maximum Gasteiger partial charge on any atom is 0.339 e. The smallest absolute Gasteiger partial charge is 0.339 e. The highest BCUT2D eigenvalue weighted by molar-refractivity contribution is 9.10. The van der Waals surface area contributed by atoms with Crippen LogP contribution in [0.2, 0.25) is 5.02 Å². The minimum absolute atomic E-state index is 0.358. The van der Waals surface area contributed by atoms with Gasteiger partial charge in [0.15, 0.2) is 0 Å². The van der Waals surface area contributed by atoms with E-state index in [0.29, 0.717) is 21.7 Å². The van der Waals surface area contributed by atoms with Crippen molar-refractivity contribution in [2.24, 2.45) is 0 Å². The fraction of sp³-hybridized carbons (Fsp3) is 0.300. The molecule has 0 atom stereocenters. The van der Waals surface area contributed by atoms with Crippen molar-refractivity contribution < 1.29 is 9.53 Å². The second kappa shape index (κ2) is 4.80. The Hall–Kier alpha value is -0.540. The van der Waals surface area contributed by atoms with Gasteiger partial charge in [-0.1, -0.05) is 17.7 Å². The number of carbonyl (C=O) groups is 1. The van der Waals surface area contributed by atoms with E-state index < -0.39 is 0 Å². The first-order chi connectivity index (χ1) is 6.57. The third-order valence-corrected chi connectivity index (χ3v) is 3.31. The van der Waals surface area contributed by atoms with Crippen LogP contribution in [0, 0.1) is 6.92 Å². The molecule has 0 aliphatic heterocycles. The van der Waals surface area contributed by atoms with Gasteiger partial charge in [0.05, 0.1) is 21.7 Å². The van der Waals surface area contributed by atoms with Crippen LogP contribution in [0.1, 0.15) is 22.8 Å². The molecule has 1 aromatic carbocycles. The second-order valence-corrected chi connectivity index (χ2v) is 3.95. The van der Waals surface area contributed by atoms with Crippen LogP contribution in [0.25, 0.3) is 0 Å². The number of esters is 1. The lowest BCUT2D eigenvalue weighted by Crippen LogP contribution is -2.05. The molecule has 0 N–H and O–H groups in total. The average molecular weight is 278 g/mol. The van der Waals surface area contributed by atoms with Gasteiger partial charge in [0.2, 0.25) is 0 Å². The third kappa shape index (κ3) is 2.28. The van der Waals surface area contributed by atoms with E-state index in [1.807, 2.05) is 6.92 Å². The number of rotatable bonds is 2. The molecule has 0 aliphatic carbocycles. The van der Waals surface area contributed by atoms with Gasteiger partial charge in [-0.3, -0.25) is 0 Å². The molecule has 0 unspecified atom stereocenters. The summed E-state index contributed by atoms with van der Waals surface area (Å²) in [5.41, 5.74) is 1.38. The zero-order chi connectivity index (χ0) is 10.7. The van der Waals surface area contributed by atoms with E-state index >= 15 is 0 Å². The normalized spacial score (nSPS) is 10.0. The Morgan fingerprint density at radius 1 is 1.57 bits per heavy atom. The highest BCUT2D eigenvalue weighted by atomic mass is 79.9. The number of aryl methyl sites for hydroxylation is 1. The number of halogens is 2. The molecule has 0 saturated carbocycles. The van der Waals surface area contributed by atoms with Crippen molar-refractivity contribution in [2.75, 3.05) is 6.61 Å². The highest BCUT2D eigenvalue weighted by Crippen LogP contribution is 2.29. The largest absolute Gasteiger partial charge is 0.462 e. The molecule has 0 amide bonds. The van der Waals surface area contributed by atoms with E-state index in [1.165, 1.54) is 0 Å². The molecule has 0 fully saturated rings. The first kappa shape index (κ1) is 11.5. The van der Waals surface area contributed by atoms with Gasteiger partial charge in [0.25, 0.3) is 0 Å². The molecule has 14 heavy (non-hydrogen) atoms. The molecule has 0 aliphatic rings. The molecule has 0 heterocycles. The van der Waals surface area contributed by atoms with Crippen LogP contribution < -0.4 is 0 Å². The number of hydrogen-bond donors (Lipinski definition) is 0. The fourth-order valence-corrected chi connectivity index (χ4v) is 1.78. The van der Waals surface area contributed by atoms with Crippen molar-refractivity contribution in [1.82, 2.24) is 0 Å². The van der Waals surface area contributed by atoms with Gasteiger partial charge in [-0.15, -0.1) is 0 Å². The summed E-state index contributed by atoms with van der Waals surface area (Å²) >= 11 is 9.24. The first-order valence-electron chi connectivity index (χ1n) is 4.19. The predicted octanol–water partition coefficient (Wildman–Crippen LogP) is 3.59. The van der Waals surface area contributed by atoms with Gasteiger partial charge in [0, 0.05) is 0 Å². The van der Waals surface area contributed by atoms with E-state index in [-0.39, 0.29) is 5.97 Å². The van der Waals surface area contributed by atoms with Crippen molar-refractivity contribution in [2.45, 2.75) is 13.8 Å². The minimum atomic E-state index is -0.360. The molecule has 0 spiro atoms. The molecule has 0 saturated heterocycles. The minimum Gasteiger partial charge on any atom is -0.462 e. The fourth-order valence-electron chi connectivity index (χ4n) is 1.01. The summed E-state index contributed by atoms with van der Waals surface area (Å²) in [6.45, 7) is 4.00. The maximum absolute atomic E-state index is 11.4.